The third-order valence-electron chi connectivity index (χ3n) is 3.44. The molecule has 0 radical (unpaired) electrons. The summed E-state index contributed by atoms with van der Waals surface area (Å²) in [6.45, 7) is 7.73. The maximum atomic E-state index is 12.4. The first kappa shape index (κ1) is 14.1. The van der Waals surface area contributed by atoms with E-state index in [4.69, 9.17) is 0 Å². The number of aromatic nitrogens is 1. The van der Waals surface area contributed by atoms with Gasteiger partial charge in [-0.2, -0.15) is 13.2 Å². The predicted octanol–water partition coefficient (Wildman–Crippen LogP) is 2.63. The fraction of sp³-hybridized carbons (Fsp3) is 0.615. The molecule has 1 aliphatic heterocycles. The standard InChI is InChI=1S/C13H18F3N3/c1-10(2)18-5-7-19(8-6-18)12-4-3-11(9-17-12)13(14,15)16/h3-4,9-10H,5-8H2,1-2H3. The van der Waals surface area contributed by atoms with Gasteiger partial charge in [0.2, 0.25) is 0 Å². The van der Waals surface area contributed by atoms with Gasteiger partial charge in [-0.3, -0.25) is 4.90 Å². The first-order valence-electron chi connectivity index (χ1n) is 6.40. The molecule has 0 aromatic carbocycles. The Hall–Kier alpha value is -1.30. The molecular formula is C13H18F3N3. The fourth-order valence-electron chi connectivity index (χ4n) is 2.21. The minimum absolute atomic E-state index is 0.503. The summed E-state index contributed by atoms with van der Waals surface area (Å²) in [4.78, 5) is 8.30. The fourth-order valence-corrected chi connectivity index (χ4v) is 2.21. The maximum absolute atomic E-state index is 12.4. The van der Waals surface area contributed by atoms with Crippen LogP contribution in [0.25, 0.3) is 0 Å². The lowest BCUT2D eigenvalue weighted by Crippen LogP contribution is -2.49. The number of rotatable bonds is 2. The summed E-state index contributed by atoms with van der Waals surface area (Å²) < 4.78 is 37.3. The Morgan fingerprint density at radius 1 is 1.11 bits per heavy atom. The van der Waals surface area contributed by atoms with E-state index in [0.717, 1.165) is 38.4 Å². The van der Waals surface area contributed by atoms with Crippen molar-refractivity contribution in [2.75, 3.05) is 31.1 Å². The van der Waals surface area contributed by atoms with Crippen LogP contribution in [0.2, 0.25) is 0 Å². The average molecular weight is 273 g/mol. The Bertz CT molecular complexity index is 406. The van der Waals surface area contributed by atoms with Gasteiger partial charge in [0, 0.05) is 38.4 Å². The van der Waals surface area contributed by atoms with Gasteiger partial charge in [-0.25, -0.2) is 4.98 Å². The first-order valence-corrected chi connectivity index (χ1v) is 6.40. The van der Waals surface area contributed by atoms with Crippen LogP contribution in [0.3, 0.4) is 0 Å². The second-order valence-electron chi connectivity index (χ2n) is 5.02. The number of pyridine rings is 1. The van der Waals surface area contributed by atoms with Gasteiger partial charge in [-0.05, 0) is 26.0 Å². The molecule has 0 aliphatic carbocycles. The van der Waals surface area contributed by atoms with Crippen molar-refractivity contribution < 1.29 is 13.2 Å². The van der Waals surface area contributed by atoms with Crippen LogP contribution >= 0.6 is 0 Å². The molecule has 19 heavy (non-hydrogen) atoms. The molecular weight excluding hydrogens is 255 g/mol. The topological polar surface area (TPSA) is 19.4 Å². The normalized spacial score (nSPS) is 18.1. The summed E-state index contributed by atoms with van der Waals surface area (Å²) in [6, 6.07) is 3.05. The lowest BCUT2D eigenvalue weighted by atomic mass is 10.2. The van der Waals surface area contributed by atoms with Crippen molar-refractivity contribution >= 4 is 5.82 Å². The second kappa shape index (κ2) is 5.36. The molecule has 3 nitrogen and oxygen atoms in total. The van der Waals surface area contributed by atoms with Crippen LogP contribution in [0.15, 0.2) is 18.3 Å². The van der Waals surface area contributed by atoms with Crippen LogP contribution in [0.1, 0.15) is 19.4 Å². The molecule has 0 N–H and O–H groups in total. The van der Waals surface area contributed by atoms with Crippen LogP contribution in [0.4, 0.5) is 19.0 Å². The molecule has 0 unspecified atom stereocenters. The summed E-state index contributed by atoms with van der Waals surface area (Å²) in [5.74, 6) is 0.622. The third-order valence-corrected chi connectivity index (χ3v) is 3.44. The minimum Gasteiger partial charge on any atom is -0.354 e. The zero-order chi connectivity index (χ0) is 14.0. The Morgan fingerprint density at radius 2 is 1.74 bits per heavy atom. The van der Waals surface area contributed by atoms with E-state index in [-0.39, 0.29) is 0 Å². The Labute approximate surface area is 111 Å². The molecule has 0 saturated carbocycles. The van der Waals surface area contributed by atoms with Crippen molar-refractivity contribution in [2.45, 2.75) is 26.1 Å². The molecule has 1 aromatic rings. The summed E-state index contributed by atoms with van der Waals surface area (Å²) in [6.07, 6.45) is -3.41. The maximum Gasteiger partial charge on any atom is 0.417 e. The SMILES string of the molecule is CC(C)N1CCN(c2ccc(C(F)(F)F)cn2)CC1. The Morgan fingerprint density at radius 3 is 2.16 bits per heavy atom. The van der Waals surface area contributed by atoms with E-state index < -0.39 is 11.7 Å². The van der Waals surface area contributed by atoms with Gasteiger partial charge >= 0.3 is 6.18 Å². The van der Waals surface area contributed by atoms with Crippen molar-refractivity contribution in [2.24, 2.45) is 0 Å². The summed E-state index contributed by atoms with van der Waals surface area (Å²) in [5.41, 5.74) is -0.697. The van der Waals surface area contributed by atoms with Crippen LogP contribution in [0, 0.1) is 0 Å². The lowest BCUT2D eigenvalue weighted by Gasteiger charge is -2.37. The smallest absolute Gasteiger partial charge is 0.354 e. The molecule has 2 heterocycles. The van der Waals surface area contributed by atoms with E-state index >= 15 is 0 Å². The predicted molar refractivity (Wildman–Crippen MR) is 68.2 cm³/mol. The summed E-state index contributed by atoms with van der Waals surface area (Å²) in [7, 11) is 0. The van der Waals surface area contributed by atoms with Gasteiger partial charge in [-0.15, -0.1) is 0 Å². The van der Waals surface area contributed by atoms with E-state index in [1.54, 1.807) is 0 Å². The number of nitrogens with zero attached hydrogens (tertiary/aromatic N) is 3. The number of halogens is 3. The van der Waals surface area contributed by atoms with Crippen LogP contribution in [0.5, 0.6) is 0 Å². The van der Waals surface area contributed by atoms with Crippen LogP contribution in [-0.4, -0.2) is 42.1 Å². The molecule has 2 rings (SSSR count). The third kappa shape index (κ3) is 3.37. The van der Waals surface area contributed by atoms with Gasteiger partial charge < -0.3 is 4.90 Å². The summed E-state index contributed by atoms with van der Waals surface area (Å²) >= 11 is 0. The molecule has 0 spiro atoms. The van der Waals surface area contributed by atoms with Gasteiger partial charge in [0.25, 0.3) is 0 Å². The van der Waals surface area contributed by atoms with Crippen molar-refractivity contribution in [3.8, 4) is 0 Å². The Kier molecular flexibility index (Phi) is 3.99. The molecule has 6 heteroatoms. The molecule has 1 aromatic heterocycles. The quantitative estimate of drug-likeness (QED) is 0.825. The molecule has 0 bridgehead atoms. The van der Waals surface area contributed by atoms with E-state index in [1.807, 2.05) is 4.90 Å². The van der Waals surface area contributed by atoms with Gasteiger partial charge in [0.1, 0.15) is 5.82 Å². The highest BCUT2D eigenvalue weighted by molar-refractivity contribution is 5.40. The average Bonchev–Trinajstić information content (AvgIpc) is 2.38. The van der Waals surface area contributed by atoms with Crippen molar-refractivity contribution in [1.82, 2.24) is 9.88 Å². The lowest BCUT2D eigenvalue weighted by molar-refractivity contribution is -0.137. The highest BCUT2D eigenvalue weighted by atomic mass is 19.4. The largest absolute Gasteiger partial charge is 0.417 e. The number of piperazine rings is 1. The zero-order valence-electron chi connectivity index (χ0n) is 11.1. The van der Waals surface area contributed by atoms with Crippen molar-refractivity contribution in [3.63, 3.8) is 0 Å². The Balaban J connectivity index is 2.00. The zero-order valence-corrected chi connectivity index (χ0v) is 11.1. The van der Waals surface area contributed by atoms with E-state index in [9.17, 15) is 13.2 Å². The number of anilines is 1. The summed E-state index contributed by atoms with van der Waals surface area (Å²) in [5, 5.41) is 0. The van der Waals surface area contributed by atoms with Crippen LogP contribution in [-0.2, 0) is 6.18 Å². The highest BCUT2D eigenvalue weighted by Crippen LogP contribution is 2.29. The van der Waals surface area contributed by atoms with Gasteiger partial charge in [0.15, 0.2) is 0 Å². The molecule has 0 amide bonds. The monoisotopic (exact) mass is 273 g/mol. The molecule has 1 aliphatic rings. The van der Waals surface area contributed by atoms with Crippen molar-refractivity contribution in [3.05, 3.63) is 23.9 Å². The molecule has 0 atom stereocenters. The second-order valence-corrected chi connectivity index (χ2v) is 5.02. The first-order chi connectivity index (χ1) is 8.88. The number of hydrogen-bond donors (Lipinski definition) is 0. The number of alkyl halides is 3. The number of hydrogen-bond acceptors (Lipinski definition) is 3. The molecule has 106 valence electrons. The van der Waals surface area contributed by atoms with E-state index in [0.29, 0.717) is 11.9 Å². The molecule has 1 fully saturated rings. The van der Waals surface area contributed by atoms with Crippen LogP contribution < -0.4 is 4.90 Å². The van der Waals surface area contributed by atoms with E-state index in [2.05, 4.69) is 23.7 Å². The van der Waals surface area contributed by atoms with Crippen molar-refractivity contribution in [1.29, 1.82) is 0 Å². The van der Waals surface area contributed by atoms with E-state index in [1.165, 1.54) is 6.07 Å². The van der Waals surface area contributed by atoms with Gasteiger partial charge in [-0.1, -0.05) is 0 Å². The molecule has 1 saturated heterocycles. The minimum atomic E-state index is -4.32. The highest BCUT2D eigenvalue weighted by Gasteiger charge is 2.31. The van der Waals surface area contributed by atoms with Gasteiger partial charge in [0.05, 0.1) is 5.56 Å².